The highest BCUT2D eigenvalue weighted by molar-refractivity contribution is 7.90. The minimum atomic E-state index is -3.03. The predicted molar refractivity (Wildman–Crippen MR) is 84.9 cm³/mol. The van der Waals surface area contributed by atoms with Gasteiger partial charge in [0.2, 0.25) is 0 Å². The maximum Gasteiger partial charge on any atom is 0.153 e. The van der Waals surface area contributed by atoms with Gasteiger partial charge in [-0.25, -0.2) is 13.4 Å². The number of nitrogens with zero attached hydrogens (tertiary/aromatic N) is 1. The van der Waals surface area contributed by atoms with E-state index in [1.165, 1.54) is 28.7 Å². The number of rotatable bonds is 5. The van der Waals surface area contributed by atoms with Crippen molar-refractivity contribution in [2.75, 3.05) is 6.26 Å². The molecule has 0 aliphatic heterocycles. The van der Waals surface area contributed by atoms with E-state index in [1.807, 2.05) is 5.38 Å². The van der Waals surface area contributed by atoms with Gasteiger partial charge < -0.3 is 0 Å². The van der Waals surface area contributed by atoms with Crippen molar-refractivity contribution < 1.29 is 8.42 Å². The summed E-state index contributed by atoms with van der Waals surface area (Å²) >= 11 is 1.41. The minimum Gasteiger partial charge on any atom is -0.240 e. The van der Waals surface area contributed by atoms with Gasteiger partial charge in [0.1, 0.15) is 10.8 Å². The lowest BCUT2D eigenvalue weighted by atomic mass is 9.99. The van der Waals surface area contributed by atoms with Gasteiger partial charge in [0.25, 0.3) is 0 Å². The van der Waals surface area contributed by atoms with Gasteiger partial charge in [0.15, 0.2) is 9.84 Å². The summed E-state index contributed by atoms with van der Waals surface area (Å²) in [5, 5.41) is 2.61. The number of hydrogen-bond acceptors (Lipinski definition) is 4. The number of hydrogen-bond donors (Lipinski definition) is 0. The molecule has 0 aliphatic carbocycles. The first-order chi connectivity index (χ1) is 9.43. The first-order valence-electron chi connectivity index (χ1n) is 6.67. The monoisotopic (exact) mass is 309 g/mol. The van der Waals surface area contributed by atoms with Crippen molar-refractivity contribution in [1.29, 1.82) is 0 Å². The Morgan fingerprint density at radius 3 is 2.55 bits per heavy atom. The van der Waals surface area contributed by atoms with Gasteiger partial charge >= 0.3 is 0 Å². The molecule has 0 fully saturated rings. The smallest absolute Gasteiger partial charge is 0.153 e. The Kier molecular flexibility index (Phi) is 4.60. The lowest BCUT2D eigenvalue weighted by Gasteiger charge is -2.07. The van der Waals surface area contributed by atoms with Crippen LogP contribution < -0.4 is 0 Å². The zero-order valence-corrected chi connectivity index (χ0v) is 13.6. The molecule has 3 nitrogen and oxygen atoms in total. The van der Waals surface area contributed by atoms with E-state index in [9.17, 15) is 8.42 Å². The molecule has 108 valence electrons. The lowest BCUT2D eigenvalue weighted by Crippen LogP contribution is -2.00. The third-order valence-electron chi connectivity index (χ3n) is 3.18. The topological polar surface area (TPSA) is 47.0 Å². The maximum absolute atomic E-state index is 11.3. The third-order valence-corrected chi connectivity index (χ3v) is 5.01. The highest BCUT2D eigenvalue weighted by atomic mass is 32.2. The van der Waals surface area contributed by atoms with Crippen molar-refractivity contribution in [3.8, 4) is 11.3 Å². The van der Waals surface area contributed by atoms with Gasteiger partial charge in [-0.05, 0) is 30.0 Å². The van der Waals surface area contributed by atoms with Crippen LogP contribution in [0, 0.1) is 0 Å². The highest BCUT2D eigenvalue weighted by Crippen LogP contribution is 2.28. The highest BCUT2D eigenvalue weighted by Gasteiger charge is 2.12. The molecule has 0 N–H and O–H groups in total. The minimum absolute atomic E-state index is 0.0204. The van der Waals surface area contributed by atoms with Crippen LogP contribution in [-0.4, -0.2) is 19.7 Å². The standard InChI is InChI=1S/C15H19NO2S2/c1-4-11-6-7-12(5-2)13(8-11)14-9-19-15(16-14)10-20(3,17)18/h6-9H,4-5,10H2,1-3H3. The Hall–Kier alpha value is -1.20. The van der Waals surface area contributed by atoms with Crippen molar-refractivity contribution >= 4 is 21.2 Å². The lowest BCUT2D eigenvalue weighted by molar-refractivity contribution is 0.601. The summed E-state index contributed by atoms with van der Waals surface area (Å²) in [6.07, 6.45) is 3.17. The normalized spacial score (nSPS) is 11.8. The first kappa shape index (κ1) is 15.2. The molecule has 20 heavy (non-hydrogen) atoms. The average Bonchev–Trinajstić information content (AvgIpc) is 2.84. The molecule has 1 aromatic heterocycles. The molecule has 0 bridgehead atoms. The Balaban J connectivity index is 2.41. The third kappa shape index (κ3) is 3.67. The number of thiazole rings is 1. The van der Waals surface area contributed by atoms with Crippen LogP contribution in [0.25, 0.3) is 11.3 Å². The molecule has 0 atom stereocenters. The molecule has 0 unspecified atom stereocenters. The van der Waals surface area contributed by atoms with Crippen molar-refractivity contribution in [3.05, 3.63) is 39.7 Å². The van der Waals surface area contributed by atoms with Crippen LogP contribution in [0.4, 0.5) is 0 Å². The van der Waals surface area contributed by atoms with Crippen LogP contribution in [0.2, 0.25) is 0 Å². The van der Waals surface area contributed by atoms with E-state index >= 15 is 0 Å². The van der Waals surface area contributed by atoms with E-state index in [-0.39, 0.29) is 5.75 Å². The molecule has 1 aromatic carbocycles. The number of benzene rings is 1. The number of aromatic nitrogens is 1. The second-order valence-electron chi connectivity index (χ2n) is 4.90. The molecular weight excluding hydrogens is 290 g/mol. The van der Waals surface area contributed by atoms with E-state index < -0.39 is 9.84 Å². The Bertz CT molecular complexity index is 702. The molecule has 2 aromatic rings. The fourth-order valence-electron chi connectivity index (χ4n) is 2.12. The molecule has 0 aliphatic rings. The Morgan fingerprint density at radius 2 is 1.95 bits per heavy atom. The summed E-state index contributed by atoms with van der Waals surface area (Å²) in [7, 11) is -3.03. The first-order valence-corrected chi connectivity index (χ1v) is 9.61. The SMILES string of the molecule is CCc1ccc(CC)c(-c2csc(CS(C)(=O)=O)n2)c1. The fourth-order valence-corrected chi connectivity index (χ4v) is 4.12. The second-order valence-corrected chi connectivity index (χ2v) is 7.98. The summed E-state index contributed by atoms with van der Waals surface area (Å²) in [5.41, 5.74) is 4.54. The molecule has 1 heterocycles. The summed E-state index contributed by atoms with van der Waals surface area (Å²) in [6.45, 7) is 4.25. The largest absolute Gasteiger partial charge is 0.240 e. The molecule has 5 heteroatoms. The Morgan fingerprint density at radius 1 is 1.20 bits per heavy atom. The van der Waals surface area contributed by atoms with Crippen molar-refractivity contribution in [1.82, 2.24) is 4.98 Å². The molecule has 0 amide bonds. The molecule has 0 spiro atoms. The van der Waals surface area contributed by atoms with Gasteiger partial charge in [-0.2, -0.15) is 0 Å². The predicted octanol–water partition coefficient (Wildman–Crippen LogP) is 3.48. The van der Waals surface area contributed by atoms with Gasteiger partial charge in [-0.15, -0.1) is 11.3 Å². The van der Waals surface area contributed by atoms with Gasteiger partial charge in [-0.3, -0.25) is 0 Å². The molecule has 0 radical (unpaired) electrons. The second kappa shape index (κ2) is 6.06. The van der Waals surface area contributed by atoms with Crippen molar-refractivity contribution in [2.45, 2.75) is 32.4 Å². The molecule has 0 saturated carbocycles. The number of aryl methyl sites for hydroxylation is 2. The van der Waals surface area contributed by atoms with Gasteiger partial charge in [0, 0.05) is 17.2 Å². The van der Waals surface area contributed by atoms with Crippen LogP contribution in [0.5, 0.6) is 0 Å². The van der Waals surface area contributed by atoms with Gasteiger partial charge in [0.05, 0.1) is 5.69 Å². The van der Waals surface area contributed by atoms with Crippen molar-refractivity contribution in [3.63, 3.8) is 0 Å². The van der Waals surface area contributed by atoms with Crippen LogP contribution in [0.3, 0.4) is 0 Å². The van der Waals surface area contributed by atoms with Crippen LogP contribution in [-0.2, 0) is 28.4 Å². The van der Waals surface area contributed by atoms with E-state index in [4.69, 9.17) is 0 Å². The van der Waals surface area contributed by atoms with E-state index in [0.717, 1.165) is 24.1 Å². The van der Waals surface area contributed by atoms with Crippen LogP contribution in [0.15, 0.2) is 23.6 Å². The van der Waals surface area contributed by atoms with Gasteiger partial charge in [-0.1, -0.05) is 26.0 Å². The quantitative estimate of drug-likeness (QED) is 0.849. The number of sulfone groups is 1. The summed E-state index contributed by atoms with van der Waals surface area (Å²) in [4.78, 5) is 4.49. The van der Waals surface area contributed by atoms with Crippen molar-refractivity contribution in [2.24, 2.45) is 0 Å². The fraction of sp³-hybridized carbons (Fsp3) is 0.400. The average molecular weight is 309 g/mol. The molecule has 2 rings (SSSR count). The summed E-state index contributed by atoms with van der Waals surface area (Å²) in [5.74, 6) is 0.0204. The van der Waals surface area contributed by atoms with E-state index in [2.05, 4.69) is 37.0 Å². The maximum atomic E-state index is 11.3. The van der Waals surface area contributed by atoms with E-state index in [1.54, 1.807) is 0 Å². The zero-order chi connectivity index (χ0) is 14.8. The molecular formula is C15H19NO2S2. The molecule has 0 saturated heterocycles. The Labute approximate surface area is 124 Å². The van der Waals surface area contributed by atoms with Crippen LogP contribution >= 0.6 is 11.3 Å². The van der Waals surface area contributed by atoms with Crippen LogP contribution in [0.1, 0.15) is 30.0 Å². The zero-order valence-electron chi connectivity index (χ0n) is 12.0. The summed E-state index contributed by atoms with van der Waals surface area (Å²) < 4.78 is 22.7. The summed E-state index contributed by atoms with van der Waals surface area (Å²) in [6, 6.07) is 6.45. The van der Waals surface area contributed by atoms with E-state index in [0.29, 0.717) is 5.01 Å².